The Kier molecular flexibility index (Phi) is 3.95. The number of alkyl halides is 2. The van der Waals surface area contributed by atoms with Crippen molar-refractivity contribution in [3.63, 3.8) is 0 Å². The van der Waals surface area contributed by atoms with Gasteiger partial charge >= 0.3 is 0 Å². The van der Waals surface area contributed by atoms with Crippen LogP contribution in [0.3, 0.4) is 0 Å². The molecule has 11 heteroatoms. The maximum atomic E-state index is 14.1. The molecule has 0 radical (unpaired) electrons. The van der Waals surface area contributed by atoms with Gasteiger partial charge in [-0.15, -0.1) is 0 Å². The number of carbonyl (C=O) groups is 1. The van der Waals surface area contributed by atoms with Gasteiger partial charge in [-0.1, -0.05) is 6.07 Å². The van der Waals surface area contributed by atoms with Gasteiger partial charge in [-0.05, 0) is 12.1 Å². The molecule has 0 aliphatic carbocycles. The van der Waals surface area contributed by atoms with Crippen molar-refractivity contribution in [1.29, 1.82) is 0 Å². The van der Waals surface area contributed by atoms with E-state index < -0.39 is 35.1 Å². The number of fused-ring (bicyclic) bond motifs is 2. The van der Waals surface area contributed by atoms with E-state index in [1.165, 1.54) is 23.4 Å². The number of nitrogens with zero attached hydrogens (tertiary/aromatic N) is 4. The van der Waals surface area contributed by atoms with Gasteiger partial charge in [-0.25, -0.2) is 19.3 Å². The average Bonchev–Trinajstić information content (AvgIpc) is 3.44. The number of halogens is 3. The lowest BCUT2D eigenvalue weighted by Crippen LogP contribution is -2.41. The zero-order valence-corrected chi connectivity index (χ0v) is 15.5. The molecule has 30 heavy (non-hydrogen) atoms. The zero-order chi connectivity index (χ0) is 21.0. The van der Waals surface area contributed by atoms with Crippen LogP contribution in [-0.2, 0) is 12.3 Å². The second-order valence-corrected chi connectivity index (χ2v) is 6.97. The molecule has 1 aromatic carbocycles. The molecule has 0 saturated heterocycles. The van der Waals surface area contributed by atoms with Crippen LogP contribution in [0, 0.1) is 5.82 Å². The summed E-state index contributed by atoms with van der Waals surface area (Å²) < 4.78 is 52.6. The van der Waals surface area contributed by atoms with Crippen LogP contribution in [0.5, 0.6) is 0 Å². The maximum Gasteiger partial charge on any atom is 0.292 e. The van der Waals surface area contributed by atoms with Gasteiger partial charge in [0.2, 0.25) is 11.7 Å². The Balaban J connectivity index is 1.63. The first-order valence-corrected chi connectivity index (χ1v) is 9.04. The third-order valence-electron chi connectivity index (χ3n) is 4.98. The van der Waals surface area contributed by atoms with Gasteiger partial charge in [0.05, 0.1) is 12.0 Å². The third-order valence-corrected chi connectivity index (χ3v) is 4.98. The maximum absolute atomic E-state index is 14.1. The molecule has 1 aliphatic rings. The quantitative estimate of drug-likeness (QED) is 0.547. The molecule has 1 aliphatic heterocycles. The van der Waals surface area contributed by atoms with E-state index in [0.29, 0.717) is 19.0 Å². The molecule has 4 heterocycles. The molecule has 0 unspecified atom stereocenters. The minimum atomic E-state index is -3.37. The molecule has 1 N–H and O–H groups in total. The Bertz CT molecular complexity index is 1260. The third kappa shape index (κ3) is 2.77. The molecule has 0 fully saturated rings. The highest BCUT2D eigenvalue weighted by Crippen LogP contribution is 2.37. The molecule has 1 atom stereocenters. The van der Waals surface area contributed by atoms with Crippen molar-refractivity contribution in [2.24, 2.45) is 0 Å². The van der Waals surface area contributed by atoms with Gasteiger partial charge in [0.15, 0.2) is 29.5 Å². The standard InChI is InChI=1S/C19H14F3N5O3/c1-19(21,22)16-15(29-8-25-16)18(28)27-6-5-10-13(24-7-23-10)14(27)17-26-12-9(20)3-2-4-11(12)30-17/h2-4,7-8,14H,5-6H2,1H3,(H,23,24)/t14-/m0/s1. The van der Waals surface area contributed by atoms with Crippen molar-refractivity contribution in [2.45, 2.75) is 25.3 Å². The van der Waals surface area contributed by atoms with Crippen LogP contribution in [0.15, 0.2) is 39.8 Å². The fraction of sp³-hybridized carbons (Fsp3) is 0.263. The SMILES string of the molecule is CC(F)(F)c1ncoc1C(=O)N1CCc2[nH]cnc2[C@H]1c1nc2c(F)cccc2o1. The number of carbonyl (C=O) groups excluding carboxylic acids is 1. The number of nitrogens with one attached hydrogen (secondary N) is 1. The van der Waals surface area contributed by atoms with Crippen molar-refractivity contribution in [2.75, 3.05) is 6.54 Å². The van der Waals surface area contributed by atoms with E-state index in [1.54, 1.807) is 6.07 Å². The number of aromatic nitrogens is 4. The molecule has 8 nitrogen and oxygen atoms in total. The largest absolute Gasteiger partial charge is 0.438 e. The molecule has 5 rings (SSSR count). The van der Waals surface area contributed by atoms with E-state index in [-0.39, 0.29) is 23.5 Å². The number of amides is 1. The summed E-state index contributed by atoms with van der Waals surface area (Å²) in [6, 6.07) is 3.30. The van der Waals surface area contributed by atoms with Crippen LogP contribution in [-0.4, -0.2) is 37.3 Å². The van der Waals surface area contributed by atoms with E-state index in [2.05, 4.69) is 19.9 Å². The topological polar surface area (TPSA) is 101 Å². The van der Waals surface area contributed by atoms with Crippen LogP contribution in [0.2, 0.25) is 0 Å². The smallest absolute Gasteiger partial charge is 0.292 e. The second kappa shape index (κ2) is 6.44. The first-order chi connectivity index (χ1) is 14.3. The second-order valence-electron chi connectivity index (χ2n) is 6.97. The van der Waals surface area contributed by atoms with Gasteiger partial charge in [-0.3, -0.25) is 4.79 Å². The van der Waals surface area contributed by atoms with Gasteiger partial charge < -0.3 is 18.7 Å². The van der Waals surface area contributed by atoms with Crippen molar-refractivity contribution in [3.8, 4) is 0 Å². The summed E-state index contributed by atoms with van der Waals surface area (Å²) in [5, 5.41) is 0. The van der Waals surface area contributed by atoms with Crippen molar-refractivity contribution in [1.82, 2.24) is 24.8 Å². The Morgan fingerprint density at radius 3 is 2.93 bits per heavy atom. The van der Waals surface area contributed by atoms with E-state index in [1.807, 2.05) is 0 Å². The van der Waals surface area contributed by atoms with Crippen molar-refractivity contribution < 1.29 is 26.8 Å². The predicted octanol–water partition coefficient (Wildman–Crippen LogP) is 3.58. The normalized spacial score (nSPS) is 16.8. The first-order valence-electron chi connectivity index (χ1n) is 9.04. The van der Waals surface area contributed by atoms with Crippen LogP contribution < -0.4 is 0 Å². The molecular weight excluding hydrogens is 403 g/mol. The molecule has 0 saturated carbocycles. The Morgan fingerprint density at radius 1 is 1.33 bits per heavy atom. The highest BCUT2D eigenvalue weighted by atomic mass is 19.3. The lowest BCUT2D eigenvalue weighted by Gasteiger charge is -2.32. The zero-order valence-electron chi connectivity index (χ0n) is 15.5. The number of benzene rings is 1. The molecular formula is C19H14F3N5O3. The minimum Gasteiger partial charge on any atom is -0.438 e. The summed E-state index contributed by atoms with van der Waals surface area (Å²) in [7, 11) is 0. The number of hydrogen-bond donors (Lipinski definition) is 1. The van der Waals surface area contributed by atoms with E-state index in [4.69, 9.17) is 8.83 Å². The highest BCUT2D eigenvalue weighted by Gasteiger charge is 2.42. The van der Waals surface area contributed by atoms with Crippen LogP contribution >= 0.6 is 0 Å². The number of para-hydroxylation sites is 1. The first kappa shape index (κ1) is 18.4. The number of hydrogen-bond acceptors (Lipinski definition) is 6. The minimum absolute atomic E-state index is 0.00278. The van der Waals surface area contributed by atoms with E-state index in [9.17, 15) is 18.0 Å². The summed E-state index contributed by atoms with van der Waals surface area (Å²) in [5.41, 5.74) is 0.613. The Morgan fingerprint density at radius 2 is 2.17 bits per heavy atom. The fourth-order valence-electron chi connectivity index (χ4n) is 3.64. The molecule has 154 valence electrons. The van der Waals surface area contributed by atoms with Crippen LogP contribution in [0.25, 0.3) is 11.1 Å². The lowest BCUT2D eigenvalue weighted by atomic mass is 10.0. The predicted molar refractivity (Wildman–Crippen MR) is 95.2 cm³/mol. The summed E-state index contributed by atoms with van der Waals surface area (Å²) >= 11 is 0. The Hall–Kier alpha value is -3.63. The number of H-pyrrole nitrogens is 1. The molecule has 1 amide bonds. The van der Waals surface area contributed by atoms with Gasteiger partial charge in [-0.2, -0.15) is 8.78 Å². The summed E-state index contributed by atoms with van der Waals surface area (Å²) in [6.07, 6.45) is 2.65. The summed E-state index contributed by atoms with van der Waals surface area (Å²) in [4.78, 5) is 29.4. The van der Waals surface area contributed by atoms with Crippen molar-refractivity contribution in [3.05, 3.63) is 65.5 Å². The number of rotatable bonds is 3. The van der Waals surface area contributed by atoms with Gasteiger partial charge in [0, 0.05) is 25.6 Å². The van der Waals surface area contributed by atoms with E-state index >= 15 is 0 Å². The van der Waals surface area contributed by atoms with Gasteiger partial charge in [0.1, 0.15) is 5.52 Å². The molecule has 0 spiro atoms. The molecule has 3 aromatic heterocycles. The fourth-order valence-corrected chi connectivity index (χ4v) is 3.64. The average molecular weight is 417 g/mol. The van der Waals surface area contributed by atoms with Crippen molar-refractivity contribution >= 4 is 17.0 Å². The molecule has 4 aromatic rings. The number of aromatic amines is 1. The van der Waals surface area contributed by atoms with Crippen LogP contribution in [0.1, 0.15) is 46.5 Å². The monoisotopic (exact) mass is 417 g/mol. The summed E-state index contributed by atoms with van der Waals surface area (Å²) in [5.74, 6) is -5.33. The lowest BCUT2D eigenvalue weighted by molar-refractivity contribution is 0.0102. The van der Waals surface area contributed by atoms with Gasteiger partial charge in [0.25, 0.3) is 11.8 Å². The highest BCUT2D eigenvalue weighted by molar-refractivity contribution is 5.93. The summed E-state index contributed by atoms with van der Waals surface area (Å²) in [6.45, 7) is 0.778. The number of imidazole rings is 1. The Labute approximate surface area is 166 Å². The van der Waals surface area contributed by atoms with E-state index in [0.717, 1.165) is 12.1 Å². The molecule has 0 bridgehead atoms. The van der Waals surface area contributed by atoms with Crippen LogP contribution in [0.4, 0.5) is 13.2 Å². The number of oxazole rings is 2.